The third kappa shape index (κ3) is 4.38. The fourth-order valence-corrected chi connectivity index (χ4v) is 1.18. The summed E-state index contributed by atoms with van der Waals surface area (Å²) in [7, 11) is 2.00. The number of hydrogen-bond donors (Lipinski definition) is 1. The molecule has 0 atom stereocenters. The predicted molar refractivity (Wildman–Crippen MR) is 67.6 cm³/mol. The number of benzene rings is 1. The summed E-state index contributed by atoms with van der Waals surface area (Å²) in [4.78, 5) is 11.4. The molecule has 0 aromatic heterocycles. The van der Waals surface area contributed by atoms with Crippen molar-refractivity contribution in [2.24, 2.45) is 0 Å². The summed E-state index contributed by atoms with van der Waals surface area (Å²) in [6, 6.07) is 7.57. The number of rotatable bonds is 2. The third-order valence-corrected chi connectivity index (χ3v) is 1.89. The highest BCUT2D eigenvalue weighted by molar-refractivity contribution is 6.51. The van der Waals surface area contributed by atoms with Crippen LogP contribution in [0.5, 0.6) is 0 Å². The molecule has 3 nitrogen and oxygen atoms in total. The quantitative estimate of drug-likeness (QED) is 0.774. The van der Waals surface area contributed by atoms with Crippen LogP contribution >= 0.6 is 0 Å². The molecule has 0 bridgehead atoms. The van der Waals surface area contributed by atoms with Gasteiger partial charge < -0.3 is 4.74 Å². The van der Waals surface area contributed by atoms with Crippen molar-refractivity contribution >= 4 is 24.5 Å². The van der Waals surface area contributed by atoms with E-state index >= 15 is 0 Å². The van der Waals surface area contributed by atoms with Crippen molar-refractivity contribution in [2.75, 3.05) is 5.32 Å². The molecule has 4 heteroatoms. The topological polar surface area (TPSA) is 38.3 Å². The van der Waals surface area contributed by atoms with Crippen LogP contribution in [0, 0.1) is 0 Å². The van der Waals surface area contributed by atoms with Gasteiger partial charge in [-0.25, -0.2) is 4.79 Å². The van der Waals surface area contributed by atoms with Crippen LogP contribution in [0.15, 0.2) is 24.3 Å². The van der Waals surface area contributed by atoms with E-state index in [1.807, 2.05) is 59.1 Å². The first-order valence-corrected chi connectivity index (χ1v) is 5.30. The van der Waals surface area contributed by atoms with Crippen LogP contribution in [0.2, 0.25) is 6.82 Å². The van der Waals surface area contributed by atoms with Gasteiger partial charge in [0.15, 0.2) is 0 Å². The summed E-state index contributed by atoms with van der Waals surface area (Å²) < 4.78 is 5.14. The zero-order valence-electron chi connectivity index (χ0n) is 10.2. The summed E-state index contributed by atoms with van der Waals surface area (Å²) >= 11 is 0. The second-order valence-corrected chi connectivity index (χ2v) is 4.54. The highest BCUT2D eigenvalue weighted by Gasteiger charge is 2.15. The third-order valence-electron chi connectivity index (χ3n) is 1.89. The lowest BCUT2D eigenvalue weighted by Crippen LogP contribution is -2.27. The molecule has 0 aliphatic heterocycles. The zero-order chi connectivity index (χ0) is 12.2. The first-order chi connectivity index (χ1) is 7.40. The van der Waals surface area contributed by atoms with E-state index in [0.29, 0.717) is 0 Å². The molecule has 1 amide bonds. The summed E-state index contributed by atoms with van der Waals surface area (Å²) in [5, 5.41) is 2.67. The Balaban J connectivity index is 2.56. The van der Waals surface area contributed by atoms with Gasteiger partial charge in [0.05, 0.1) is 0 Å². The zero-order valence-corrected chi connectivity index (χ0v) is 10.2. The molecule has 1 N–H and O–H groups in total. The van der Waals surface area contributed by atoms with Crippen LogP contribution in [0.25, 0.3) is 0 Å². The van der Waals surface area contributed by atoms with E-state index in [-0.39, 0.29) is 0 Å². The normalized spacial score (nSPS) is 10.8. The van der Waals surface area contributed by atoms with Gasteiger partial charge in [0.25, 0.3) is 0 Å². The molecule has 0 aliphatic carbocycles. The standard InChI is InChI=1S/C12H17BNO2/c1-12(2,3)16-11(15)14-10-7-5-9(13-4)6-8-10/h5-8H,1-4H3,(H,14,15). The first kappa shape index (κ1) is 12.6. The minimum absolute atomic E-state index is 0.430. The summed E-state index contributed by atoms with van der Waals surface area (Å²) in [6.45, 7) is 7.47. The minimum atomic E-state index is -0.471. The Bertz CT molecular complexity index is 354. The number of anilines is 1. The summed E-state index contributed by atoms with van der Waals surface area (Å²) in [5.74, 6) is 0. The average molecular weight is 218 g/mol. The molecule has 85 valence electrons. The molecule has 1 radical (unpaired) electrons. The highest BCUT2D eigenvalue weighted by Crippen LogP contribution is 2.10. The van der Waals surface area contributed by atoms with Gasteiger partial charge in [-0.15, -0.1) is 0 Å². The van der Waals surface area contributed by atoms with E-state index in [1.165, 1.54) is 0 Å². The van der Waals surface area contributed by atoms with Crippen LogP contribution in [0.1, 0.15) is 20.8 Å². The highest BCUT2D eigenvalue weighted by atomic mass is 16.6. The lowest BCUT2D eigenvalue weighted by atomic mass is 9.73. The van der Waals surface area contributed by atoms with Gasteiger partial charge in [0, 0.05) is 5.69 Å². The van der Waals surface area contributed by atoms with Crippen molar-refractivity contribution in [3.05, 3.63) is 24.3 Å². The predicted octanol–water partition coefficient (Wildman–Crippen LogP) is 2.41. The van der Waals surface area contributed by atoms with Gasteiger partial charge in [-0.2, -0.15) is 0 Å². The number of hydrogen-bond acceptors (Lipinski definition) is 2. The smallest absolute Gasteiger partial charge is 0.412 e. The van der Waals surface area contributed by atoms with Gasteiger partial charge in [-0.05, 0) is 32.9 Å². The molecule has 0 spiro atoms. The fraction of sp³-hybridized carbons (Fsp3) is 0.417. The van der Waals surface area contributed by atoms with Gasteiger partial charge in [-0.3, -0.25) is 5.32 Å². The molecule has 16 heavy (non-hydrogen) atoms. The summed E-state index contributed by atoms with van der Waals surface area (Å²) in [5.41, 5.74) is 1.39. The van der Waals surface area contributed by atoms with Crippen molar-refractivity contribution in [2.45, 2.75) is 33.2 Å². The van der Waals surface area contributed by atoms with Crippen molar-refractivity contribution in [3.8, 4) is 0 Å². The van der Waals surface area contributed by atoms with Crippen LogP contribution < -0.4 is 10.8 Å². The molecule has 0 saturated carbocycles. The van der Waals surface area contributed by atoms with E-state index < -0.39 is 11.7 Å². The van der Waals surface area contributed by atoms with Crippen LogP contribution in [-0.4, -0.2) is 19.0 Å². The first-order valence-electron chi connectivity index (χ1n) is 5.30. The largest absolute Gasteiger partial charge is 0.444 e. The van der Waals surface area contributed by atoms with Gasteiger partial charge in [-0.1, -0.05) is 24.4 Å². The van der Waals surface area contributed by atoms with E-state index in [9.17, 15) is 4.79 Å². The van der Waals surface area contributed by atoms with E-state index in [4.69, 9.17) is 4.74 Å². The SMILES string of the molecule is C[B]c1ccc(NC(=O)OC(C)(C)C)cc1. The average Bonchev–Trinajstić information content (AvgIpc) is 2.16. The molecule has 0 aliphatic rings. The molecule has 0 fully saturated rings. The monoisotopic (exact) mass is 218 g/mol. The van der Waals surface area contributed by atoms with Crippen molar-refractivity contribution in [1.82, 2.24) is 0 Å². The van der Waals surface area contributed by atoms with Crippen LogP contribution in [0.4, 0.5) is 10.5 Å². The van der Waals surface area contributed by atoms with E-state index in [2.05, 4.69) is 5.32 Å². The second-order valence-electron chi connectivity index (χ2n) is 4.54. The van der Waals surface area contributed by atoms with E-state index in [0.717, 1.165) is 11.2 Å². The minimum Gasteiger partial charge on any atom is -0.444 e. The molecule has 0 unspecified atom stereocenters. The number of nitrogens with one attached hydrogen (secondary N) is 1. The van der Waals surface area contributed by atoms with Crippen LogP contribution in [-0.2, 0) is 4.74 Å². The van der Waals surface area contributed by atoms with Gasteiger partial charge in [0.1, 0.15) is 12.9 Å². The lowest BCUT2D eigenvalue weighted by molar-refractivity contribution is 0.0636. The Morgan fingerprint density at radius 3 is 2.25 bits per heavy atom. The number of amides is 1. The van der Waals surface area contributed by atoms with Gasteiger partial charge >= 0.3 is 6.09 Å². The Morgan fingerprint density at radius 2 is 1.81 bits per heavy atom. The molecular weight excluding hydrogens is 201 g/mol. The molecule has 1 rings (SSSR count). The molecular formula is C12H17BNO2. The maximum atomic E-state index is 11.4. The van der Waals surface area contributed by atoms with Gasteiger partial charge in [0.2, 0.25) is 0 Å². The maximum Gasteiger partial charge on any atom is 0.412 e. The van der Waals surface area contributed by atoms with Crippen LogP contribution in [0.3, 0.4) is 0 Å². The maximum absolute atomic E-state index is 11.4. The Labute approximate surface area is 97.4 Å². The Hall–Kier alpha value is -1.45. The number of carbonyl (C=O) groups excluding carboxylic acids is 1. The second kappa shape index (κ2) is 5.06. The summed E-state index contributed by atoms with van der Waals surface area (Å²) in [6.07, 6.45) is -0.430. The van der Waals surface area contributed by atoms with E-state index in [1.54, 1.807) is 0 Å². The van der Waals surface area contributed by atoms with Crippen molar-refractivity contribution in [1.29, 1.82) is 0 Å². The number of ether oxygens (including phenoxy) is 1. The number of carbonyl (C=O) groups is 1. The Morgan fingerprint density at radius 1 is 1.25 bits per heavy atom. The molecule has 1 aromatic rings. The molecule has 0 heterocycles. The molecule has 0 saturated heterocycles. The molecule has 1 aromatic carbocycles. The Kier molecular flexibility index (Phi) is 3.99. The lowest BCUT2D eigenvalue weighted by Gasteiger charge is -2.19. The fourth-order valence-electron chi connectivity index (χ4n) is 1.18. The van der Waals surface area contributed by atoms with Crippen molar-refractivity contribution in [3.63, 3.8) is 0 Å². The van der Waals surface area contributed by atoms with Crippen molar-refractivity contribution < 1.29 is 9.53 Å².